The molecule has 0 spiro atoms. The fraction of sp³-hybridized carbons (Fsp3) is 0.320. The third-order valence-electron chi connectivity index (χ3n) is 5.93. The minimum absolute atomic E-state index is 0.0890. The molecule has 1 amide bonds. The second kappa shape index (κ2) is 10.1. The molecule has 0 saturated carbocycles. The van der Waals surface area contributed by atoms with Crippen molar-refractivity contribution in [1.29, 1.82) is 0 Å². The Labute approximate surface area is 215 Å². The zero-order valence-corrected chi connectivity index (χ0v) is 21.8. The van der Waals surface area contributed by atoms with Crippen molar-refractivity contribution in [3.8, 4) is 11.3 Å². The van der Waals surface area contributed by atoms with Crippen molar-refractivity contribution < 1.29 is 18.3 Å². The third-order valence-corrected chi connectivity index (χ3v) is 7.45. The van der Waals surface area contributed by atoms with Crippen molar-refractivity contribution in [1.82, 2.24) is 20.2 Å². The van der Waals surface area contributed by atoms with Gasteiger partial charge in [-0.2, -0.15) is 0 Å². The topological polar surface area (TPSA) is 125 Å². The molecular formula is C25H28ClN5O4S. The Hall–Kier alpha value is -3.05. The van der Waals surface area contributed by atoms with E-state index in [-0.39, 0.29) is 34.0 Å². The van der Waals surface area contributed by atoms with E-state index in [2.05, 4.69) is 20.0 Å². The molecule has 9 nitrogen and oxygen atoms in total. The summed E-state index contributed by atoms with van der Waals surface area (Å²) in [5.41, 5.74) is 2.37. The molecule has 2 aromatic carbocycles. The number of sulfonamides is 1. The van der Waals surface area contributed by atoms with E-state index >= 15 is 0 Å². The Kier molecular flexibility index (Phi) is 7.33. The molecule has 1 saturated heterocycles. The van der Waals surface area contributed by atoms with Gasteiger partial charge in [-0.1, -0.05) is 35.9 Å². The predicted octanol–water partition coefficient (Wildman–Crippen LogP) is 3.01. The quantitative estimate of drug-likeness (QED) is 0.434. The maximum absolute atomic E-state index is 13.2. The first-order valence-corrected chi connectivity index (χ1v) is 13.3. The summed E-state index contributed by atoms with van der Waals surface area (Å²) < 4.78 is 28.8. The first kappa shape index (κ1) is 26.0. The molecule has 1 unspecified atom stereocenters. The highest BCUT2D eigenvalue weighted by atomic mass is 35.5. The van der Waals surface area contributed by atoms with Crippen LogP contribution in [0.5, 0.6) is 0 Å². The smallest absolute Gasteiger partial charge is 0.264 e. The van der Waals surface area contributed by atoms with Gasteiger partial charge >= 0.3 is 0 Å². The number of nitrogens with zero attached hydrogens (tertiary/aromatic N) is 3. The molecular weight excluding hydrogens is 502 g/mol. The zero-order chi connectivity index (χ0) is 26.1. The predicted molar refractivity (Wildman–Crippen MR) is 139 cm³/mol. The number of benzene rings is 2. The number of amides is 1. The van der Waals surface area contributed by atoms with Crippen LogP contribution in [0.15, 0.2) is 53.4 Å². The van der Waals surface area contributed by atoms with Gasteiger partial charge in [-0.05, 0) is 50.1 Å². The van der Waals surface area contributed by atoms with Crippen molar-refractivity contribution in [3.63, 3.8) is 0 Å². The Morgan fingerprint density at radius 2 is 1.83 bits per heavy atom. The van der Waals surface area contributed by atoms with Crippen LogP contribution in [0, 0.1) is 13.8 Å². The lowest BCUT2D eigenvalue weighted by molar-refractivity contribution is 0.0295. The summed E-state index contributed by atoms with van der Waals surface area (Å²) in [5, 5.41) is 13.6. The number of hydrogen-bond acceptors (Lipinski definition) is 7. The van der Waals surface area contributed by atoms with E-state index in [0.29, 0.717) is 25.3 Å². The molecule has 1 fully saturated rings. The van der Waals surface area contributed by atoms with Gasteiger partial charge in [-0.15, -0.1) is 0 Å². The number of carbonyl (C=O) groups is 1. The highest BCUT2D eigenvalue weighted by Gasteiger charge is 2.30. The second-order valence-electron chi connectivity index (χ2n) is 9.20. The molecule has 1 aliphatic heterocycles. The Balaban J connectivity index is 1.62. The summed E-state index contributed by atoms with van der Waals surface area (Å²) in [6.07, 6.45) is 0. The number of β-amino-alcohol motifs (C(OH)–C–C–N with tert-alkyl or cyclic N) is 1. The van der Waals surface area contributed by atoms with E-state index in [1.165, 1.54) is 23.1 Å². The molecule has 0 radical (unpaired) electrons. The van der Waals surface area contributed by atoms with Crippen LogP contribution in [0.3, 0.4) is 0 Å². The summed E-state index contributed by atoms with van der Waals surface area (Å²) >= 11 is 6.21. The summed E-state index contributed by atoms with van der Waals surface area (Å²) in [6, 6.07) is 13.1. The Morgan fingerprint density at radius 3 is 2.56 bits per heavy atom. The van der Waals surface area contributed by atoms with E-state index in [9.17, 15) is 18.3 Å². The highest BCUT2D eigenvalue weighted by molar-refractivity contribution is 7.92. The SMILES string of the molecule is Cc1cccc(C)c1-c1cc(Cl)nc(NS(=O)(=O)c2cccc(C(=O)N3CCNCC(C)(O)C3)c2)n1. The average molecular weight is 530 g/mol. The van der Waals surface area contributed by atoms with Crippen LogP contribution in [0.1, 0.15) is 28.4 Å². The molecule has 3 N–H and O–H groups in total. The number of hydrogen-bond donors (Lipinski definition) is 3. The first-order valence-electron chi connectivity index (χ1n) is 11.4. The number of aryl methyl sites for hydroxylation is 2. The van der Waals surface area contributed by atoms with E-state index in [4.69, 9.17) is 11.6 Å². The minimum atomic E-state index is -4.13. The van der Waals surface area contributed by atoms with Gasteiger partial charge in [0, 0.05) is 36.8 Å². The Bertz CT molecular complexity index is 1390. The fourth-order valence-electron chi connectivity index (χ4n) is 4.26. The van der Waals surface area contributed by atoms with Crippen LogP contribution < -0.4 is 10.0 Å². The lowest BCUT2D eigenvalue weighted by atomic mass is 10.00. The third kappa shape index (κ3) is 5.84. The number of rotatable bonds is 5. The monoisotopic (exact) mass is 529 g/mol. The van der Waals surface area contributed by atoms with E-state index in [1.54, 1.807) is 19.1 Å². The van der Waals surface area contributed by atoms with Crippen molar-refractivity contribution in [2.75, 3.05) is 30.9 Å². The normalized spacial score (nSPS) is 18.5. The maximum Gasteiger partial charge on any atom is 0.264 e. The van der Waals surface area contributed by atoms with Crippen LogP contribution in [0.25, 0.3) is 11.3 Å². The number of halogens is 1. The van der Waals surface area contributed by atoms with E-state index < -0.39 is 15.6 Å². The summed E-state index contributed by atoms with van der Waals surface area (Å²) in [6.45, 7) is 6.92. The number of aromatic nitrogens is 2. The van der Waals surface area contributed by atoms with Crippen LogP contribution in [-0.2, 0) is 10.0 Å². The van der Waals surface area contributed by atoms with Gasteiger partial charge in [0.25, 0.3) is 15.9 Å². The van der Waals surface area contributed by atoms with Crippen LogP contribution in [0.2, 0.25) is 5.15 Å². The largest absolute Gasteiger partial charge is 0.387 e. The molecule has 0 bridgehead atoms. The Morgan fingerprint density at radius 1 is 1.14 bits per heavy atom. The molecule has 3 aromatic rings. The van der Waals surface area contributed by atoms with Gasteiger partial charge in [0.2, 0.25) is 5.95 Å². The van der Waals surface area contributed by atoms with Crippen molar-refractivity contribution in [3.05, 3.63) is 70.4 Å². The zero-order valence-electron chi connectivity index (χ0n) is 20.2. The molecule has 2 heterocycles. The van der Waals surface area contributed by atoms with Gasteiger partial charge in [-0.3, -0.25) is 4.79 Å². The van der Waals surface area contributed by atoms with Gasteiger partial charge < -0.3 is 15.3 Å². The standard InChI is InChI=1S/C25H28ClN5O4S/c1-16-6-4-7-17(2)22(16)20-13-21(26)29-24(28-20)30-36(34,35)19-9-5-8-18(12-19)23(32)31-11-10-27-14-25(3,33)15-31/h4-9,12-13,27,33H,10-11,14-15H2,1-3H3,(H,28,29,30). The molecule has 4 rings (SSSR count). The summed E-state index contributed by atoms with van der Waals surface area (Å²) in [5.74, 6) is -0.543. The number of carbonyl (C=O) groups excluding carboxylic acids is 1. The number of aliphatic hydroxyl groups is 1. The van der Waals surface area contributed by atoms with Crippen LogP contribution >= 0.6 is 11.6 Å². The van der Waals surface area contributed by atoms with Crippen LogP contribution in [-0.4, -0.2) is 66.1 Å². The molecule has 190 valence electrons. The summed E-state index contributed by atoms with van der Waals surface area (Å²) in [4.78, 5) is 22.9. The lowest BCUT2D eigenvalue weighted by Crippen LogP contribution is -2.45. The van der Waals surface area contributed by atoms with Crippen LogP contribution in [0.4, 0.5) is 5.95 Å². The second-order valence-corrected chi connectivity index (χ2v) is 11.3. The molecule has 36 heavy (non-hydrogen) atoms. The van der Waals surface area contributed by atoms with E-state index in [1.807, 2.05) is 32.0 Å². The first-order chi connectivity index (χ1) is 16.9. The number of anilines is 1. The lowest BCUT2D eigenvalue weighted by Gasteiger charge is -2.28. The molecule has 1 atom stereocenters. The molecule has 11 heteroatoms. The van der Waals surface area contributed by atoms with Gasteiger partial charge in [0.1, 0.15) is 5.15 Å². The molecule has 1 aliphatic rings. The van der Waals surface area contributed by atoms with Crippen molar-refractivity contribution in [2.24, 2.45) is 0 Å². The molecule has 1 aromatic heterocycles. The van der Waals surface area contributed by atoms with Crippen molar-refractivity contribution >= 4 is 33.5 Å². The average Bonchev–Trinajstić information content (AvgIpc) is 2.98. The van der Waals surface area contributed by atoms with Gasteiger partial charge in [0.05, 0.1) is 22.7 Å². The minimum Gasteiger partial charge on any atom is -0.387 e. The highest BCUT2D eigenvalue weighted by Crippen LogP contribution is 2.28. The summed E-state index contributed by atoms with van der Waals surface area (Å²) in [7, 11) is -4.13. The molecule has 0 aliphatic carbocycles. The van der Waals surface area contributed by atoms with Gasteiger partial charge in [-0.25, -0.2) is 23.1 Å². The number of nitrogens with one attached hydrogen (secondary N) is 2. The maximum atomic E-state index is 13.2. The van der Waals surface area contributed by atoms with Crippen molar-refractivity contribution in [2.45, 2.75) is 31.3 Å². The van der Waals surface area contributed by atoms with Gasteiger partial charge in [0.15, 0.2) is 0 Å². The fourth-order valence-corrected chi connectivity index (χ4v) is 5.43. The van der Waals surface area contributed by atoms with E-state index in [0.717, 1.165) is 16.7 Å².